The van der Waals surface area contributed by atoms with Gasteiger partial charge in [0.2, 0.25) is 0 Å². The summed E-state index contributed by atoms with van der Waals surface area (Å²) >= 11 is 0. The topological polar surface area (TPSA) is 47.6 Å². The minimum atomic E-state index is -0.741. The Kier molecular flexibility index (Phi) is 6.52. The van der Waals surface area contributed by atoms with Gasteiger partial charge in [0.1, 0.15) is 5.54 Å². The van der Waals surface area contributed by atoms with Crippen molar-refractivity contribution in [2.75, 3.05) is 26.9 Å². The van der Waals surface area contributed by atoms with E-state index in [-0.39, 0.29) is 5.97 Å². The minimum Gasteiger partial charge on any atom is -0.465 e. The first-order valence-electron chi connectivity index (χ1n) is 5.37. The lowest BCUT2D eigenvalue weighted by Gasteiger charge is -2.28. The molecule has 0 amide bonds. The van der Waals surface area contributed by atoms with Gasteiger partial charge in [-0.1, -0.05) is 13.8 Å². The van der Waals surface area contributed by atoms with Gasteiger partial charge < -0.3 is 9.47 Å². The summed E-state index contributed by atoms with van der Waals surface area (Å²) in [5.41, 5.74) is -0.741. The van der Waals surface area contributed by atoms with Crippen molar-refractivity contribution in [1.29, 1.82) is 0 Å². The highest BCUT2D eigenvalue weighted by Gasteiger charge is 2.34. The molecule has 0 aliphatic rings. The molecule has 0 saturated carbocycles. The average molecular weight is 217 g/mol. The zero-order chi connectivity index (χ0) is 11.9. The molecule has 0 aromatic heterocycles. The maximum Gasteiger partial charge on any atom is 0.328 e. The first-order valence-corrected chi connectivity index (χ1v) is 5.37. The molecule has 0 aliphatic carbocycles. The van der Waals surface area contributed by atoms with Gasteiger partial charge in [-0.25, -0.2) is 4.79 Å². The summed E-state index contributed by atoms with van der Waals surface area (Å²) in [5, 5.41) is 3.18. The van der Waals surface area contributed by atoms with Crippen LogP contribution in [0.2, 0.25) is 0 Å². The lowest BCUT2D eigenvalue weighted by molar-refractivity contribution is -0.152. The summed E-state index contributed by atoms with van der Waals surface area (Å²) < 4.78 is 10.1. The molecule has 15 heavy (non-hydrogen) atoms. The van der Waals surface area contributed by atoms with Crippen LogP contribution in [0.1, 0.15) is 27.7 Å². The zero-order valence-corrected chi connectivity index (χ0v) is 10.4. The Bertz CT molecular complexity index is 194. The monoisotopic (exact) mass is 217 g/mol. The number of esters is 1. The van der Waals surface area contributed by atoms with E-state index in [1.165, 1.54) is 0 Å². The Morgan fingerprint density at radius 1 is 1.47 bits per heavy atom. The summed E-state index contributed by atoms with van der Waals surface area (Å²) in [5.74, 6) is 0.225. The van der Waals surface area contributed by atoms with Crippen LogP contribution in [0.3, 0.4) is 0 Å². The van der Waals surface area contributed by atoms with Crippen molar-refractivity contribution in [3.63, 3.8) is 0 Å². The Morgan fingerprint density at radius 2 is 2.07 bits per heavy atom. The van der Waals surface area contributed by atoms with Crippen molar-refractivity contribution in [3.05, 3.63) is 0 Å². The van der Waals surface area contributed by atoms with Crippen molar-refractivity contribution >= 4 is 5.97 Å². The molecule has 0 aromatic rings. The Morgan fingerprint density at radius 3 is 2.47 bits per heavy atom. The van der Waals surface area contributed by atoms with Crippen LogP contribution < -0.4 is 5.32 Å². The van der Waals surface area contributed by atoms with Crippen LogP contribution in [0.15, 0.2) is 0 Å². The molecule has 0 fully saturated rings. The fraction of sp³-hybridized carbons (Fsp3) is 0.909. The number of hydrogen-bond acceptors (Lipinski definition) is 4. The molecule has 0 aliphatic heterocycles. The van der Waals surface area contributed by atoms with Crippen molar-refractivity contribution in [2.24, 2.45) is 5.92 Å². The summed E-state index contributed by atoms with van der Waals surface area (Å²) in [6.45, 7) is 9.25. The molecule has 90 valence electrons. The second kappa shape index (κ2) is 6.80. The molecule has 0 radical (unpaired) electrons. The lowest BCUT2D eigenvalue weighted by atomic mass is 10.0. The van der Waals surface area contributed by atoms with Crippen LogP contribution in [-0.2, 0) is 14.3 Å². The van der Waals surface area contributed by atoms with E-state index in [0.717, 1.165) is 6.54 Å². The standard InChI is InChI=1S/C11H23NO3/c1-6-15-10(13)11(4,8-14-5)12-7-9(2)3/h9,12H,6-8H2,1-5H3. The number of carbonyl (C=O) groups excluding carboxylic acids is 1. The highest BCUT2D eigenvalue weighted by atomic mass is 16.5. The van der Waals surface area contributed by atoms with Gasteiger partial charge in [-0.2, -0.15) is 0 Å². The lowest BCUT2D eigenvalue weighted by Crippen LogP contribution is -2.54. The third-order valence-electron chi connectivity index (χ3n) is 2.06. The van der Waals surface area contributed by atoms with Gasteiger partial charge in [0.25, 0.3) is 0 Å². The van der Waals surface area contributed by atoms with Crippen LogP contribution in [0.5, 0.6) is 0 Å². The number of hydrogen-bond donors (Lipinski definition) is 1. The maximum absolute atomic E-state index is 11.7. The fourth-order valence-corrected chi connectivity index (χ4v) is 1.19. The highest BCUT2D eigenvalue weighted by molar-refractivity contribution is 5.80. The SMILES string of the molecule is CCOC(=O)C(C)(COC)NCC(C)C. The van der Waals surface area contributed by atoms with E-state index in [1.807, 2.05) is 0 Å². The number of methoxy groups -OCH3 is 1. The zero-order valence-electron chi connectivity index (χ0n) is 10.4. The molecule has 0 heterocycles. The van der Waals surface area contributed by atoms with Crippen LogP contribution in [0.25, 0.3) is 0 Å². The molecule has 1 N–H and O–H groups in total. The van der Waals surface area contributed by atoms with Crippen LogP contribution in [0.4, 0.5) is 0 Å². The number of nitrogens with one attached hydrogen (secondary N) is 1. The summed E-state index contributed by atoms with van der Waals surface area (Å²) in [4.78, 5) is 11.7. The predicted octanol–water partition coefficient (Wildman–Crippen LogP) is 1.20. The van der Waals surface area contributed by atoms with Gasteiger partial charge >= 0.3 is 5.97 Å². The van der Waals surface area contributed by atoms with Crippen molar-refractivity contribution < 1.29 is 14.3 Å². The molecule has 0 spiro atoms. The second-order valence-electron chi connectivity index (χ2n) is 4.26. The van der Waals surface area contributed by atoms with E-state index < -0.39 is 5.54 Å². The third-order valence-corrected chi connectivity index (χ3v) is 2.06. The maximum atomic E-state index is 11.7. The Balaban J connectivity index is 4.36. The molecule has 4 heteroatoms. The molecule has 1 unspecified atom stereocenters. The summed E-state index contributed by atoms with van der Waals surface area (Å²) in [7, 11) is 1.58. The van der Waals surface area contributed by atoms with E-state index in [2.05, 4.69) is 19.2 Å². The second-order valence-corrected chi connectivity index (χ2v) is 4.26. The Hall–Kier alpha value is -0.610. The molecule has 0 aromatic carbocycles. The van der Waals surface area contributed by atoms with Crippen molar-refractivity contribution in [1.82, 2.24) is 5.32 Å². The van der Waals surface area contributed by atoms with Crippen molar-refractivity contribution in [2.45, 2.75) is 33.2 Å². The van der Waals surface area contributed by atoms with E-state index in [0.29, 0.717) is 19.1 Å². The minimum absolute atomic E-state index is 0.257. The highest BCUT2D eigenvalue weighted by Crippen LogP contribution is 2.08. The van der Waals surface area contributed by atoms with Gasteiger partial charge in [0.15, 0.2) is 0 Å². The van der Waals surface area contributed by atoms with Crippen LogP contribution in [-0.4, -0.2) is 38.4 Å². The van der Waals surface area contributed by atoms with E-state index in [9.17, 15) is 4.79 Å². The average Bonchev–Trinajstić information content (AvgIpc) is 2.15. The summed E-state index contributed by atoms with van der Waals surface area (Å²) in [6.07, 6.45) is 0. The first-order chi connectivity index (χ1) is 6.96. The fourth-order valence-electron chi connectivity index (χ4n) is 1.19. The van der Waals surface area contributed by atoms with E-state index in [4.69, 9.17) is 9.47 Å². The quantitative estimate of drug-likeness (QED) is 0.651. The third kappa shape index (κ3) is 5.14. The molecule has 0 bridgehead atoms. The number of ether oxygens (including phenoxy) is 2. The molecule has 4 nitrogen and oxygen atoms in total. The summed E-state index contributed by atoms with van der Waals surface area (Å²) in [6, 6.07) is 0. The Labute approximate surface area is 92.3 Å². The largest absolute Gasteiger partial charge is 0.465 e. The van der Waals surface area contributed by atoms with Crippen LogP contribution >= 0.6 is 0 Å². The van der Waals surface area contributed by atoms with Gasteiger partial charge in [0.05, 0.1) is 13.2 Å². The molecule has 0 rings (SSSR count). The van der Waals surface area contributed by atoms with Gasteiger partial charge in [-0.15, -0.1) is 0 Å². The smallest absolute Gasteiger partial charge is 0.328 e. The molecular weight excluding hydrogens is 194 g/mol. The van der Waals surface area contributed by atoms with Gasteiger partial charge in [0, 0.05) is 7.11 Å². The van der Waals surface area contributed by atoms with E-state index >= 15 is 0 Å². The number of carbonyl (C=O) groups is 1. The van der Waals surface area contributed by atoms with Crippen LogP contribution in [0, 0.1) is 5.92 Å². The molecule has 0 saturated heterocycles. The van der Waals surface area contributed by atoms with Crippen molar-refractivity contribution in [3.8, 4) is 0 Å². The molecular formula is C11H23NO3. The first kappa shape index (κ1) is 14.4. The predicted molar refractivity (Wildman–Crippen MR) is 59.8 cm³/mol. The van der Waals surface area contributed by atoms with E-state index in [1.54, 1.807) is 21.0 Å². The number of rotatable bonds is 7. The normalized spacial score (nSPS) is 15.1. The van der Waals surface area contributed by atoms with Gasteiger partial charge in [-0.05, 0) is 26.3 Å². The van der Waals surface area contributed by atoms with Gasteiger partial charge in [-0.3, -0.25) is 5.32 Å². The molecule has 1 atom stereocenters.